The number of nitrogens with one attached hydrogen (secondary N) is 1. The largest absolute Gasteiger partial charge is 0.445 e. The van der Waals surface area contributed by atoms with Crippen LogP contribution in [-0.2, 0) is 30.7 Å². The Bertz CT molecular complexity index is 1150. The first-order valence-electron chi connectivity index (χ1n) is 10.7. The Balaban J connectivity index is 1.44. The molecule has 9 heteroatoms. The standard InChI is InChI=1S/C22H26N6O3/c1-2-3-7-14-27-19-17(10-12-23-19)20(29)28-18(25-26-21(27)28)11-13-24-22(30)31-15-16-8-5-4-6-9-16/h4-6,8-9,12H,2-3,7,10-11,13-15H2,1H3,(H,24,30). The van der Waals surface area contributed by atoms with E-state index in [-0.39, 0.29) is 18.7 Å². The number of ether oxygens (including phenoxy) is 1. The molecule has 0 spiro atoms. The summed E-state index contributed by atoms with van der Waals surface area (Å²) in [6.45, 7) is 3.38. The fraction of sp³-hybridized carbons (Fsp3) is 0.409. The van der Waals surface area contributed by atoms with Crippen LogP contribution in [0.1, 0.15) is 43.1 Å². The van der Waals surface area contributed by atoms with E-state index in [1.54, 1.807) is 10.6 Å². The highest BCUT2D eigenvalue weighted by atomic mass is 16.5. The molecule has 4 rings (SSSR count). The van der Waals surface area contributed by atoms with Gasteiger partial charge in [-0.3, -0.25) is 9.36 Å². The van der Waals surface area contributed by atoms with Gasteiger partial charge in [0.15, 0.2) is 0 Å². The second-order valence-electron chi connectivity index (χ2n) is 7.47. The van der Waals surface area contributed by atoms with Gasteiger partial charge >= 0.3 is 6.09 Å². The highest BCUT2D eigenvalue weighted by Crippen LogP contribution is 2.24. The molecular formula is C22H26N6O3. The zero-order valence-electron chi connectivity index (χ0n) is 17.6. The number of nitrogens with zero attached hydrogens (tertiary/aromatic N) is 5. The predicted octanol–water partition coefficient (Wildman–Crippen LogP) is 2.81. The van der Waals surface area contributed by atoms with Crippen molar-refractivity contribution in [3.05, 3.63) is 57.6 Å². The molecule has 0 fully saturated rings. The first kappa shape index (κ1) is 20.8. The van der Waals surface area contributed by atoms with Crippen LogP contribution in [0.15, 0.2) is 40.1 Å². The SMILES string of the molecule is CCCCCn1c2c(c(=O)n3c(CCNC(=O)OCc4ccccc4)nnc13)CC=N2. The van der Waals surface area contributed by atoms with Gasteiger partial charge in [0.25, 0.3) is 5.56 Å². The number of carbonyl (C=O) groups excluding carboxylic acids is 1. The fourth-order valence-corrected chi connectivity index (χ4v) is 3.67. The van der Waals surface area contributed by atoms with E-state index in [4.69, 9.17) is 4.74 Å². The lowest BCUT2D eigenvalue weighted by molar-refractivity contribution is 0.139. The number of unbranched alkanes of at least 4 members (excludes halogenated alkanes) is 2. The third kappa shape index (κ3) is 4.50. The van der Waals surface area contributed by atoms with Crippen molar-refractivity contribution in [3.8, 4) is 0 Å². The van der Waals surface area contributed by atoms with Gasteiger partial charge in [-0.2, -0.15) is 0 Å². The highest BCUT2D eigenvalue weighted by molar-refractivity contribution is 5.74. The van der Waals surface area contributed by atoms with Gasteiger partial charge in [-0.25, -0.2) is 14.2 Å². The molecule has 1 aromatic carbocycles. The number of aromatic nitrogens is 4. The molecule has 0 saturated carbocycles. The minimum absolute atomic E-state index is 0.138. The number of aryl methyl sites for hydroxylation is 1. The minimum atomic E-state index is -0.510. The van der Waals surface area contributed by atoms with Crippen LogP contribution in [0.4, 0.5) is 10.6 Å². The van der Waals surface area contributed by atoms with Crippen LogP contribution in [-0.4, -0.2) is 38.0 Å². The van der Waals surface area contributed by atoms with Crippen molar-refractivity contribution in [2.24, 2.45) is 4.99 Å². The summed E-state index contributed by atoms with van der Waals surface area (Å²) in [6, 6.07) is 9.48. The van der Waals surface area contributed by atoms with E-state index in [9.17, 15) is 9.59 Å². The Kier molecular flexibility index (Phi) is 6.40. The Morgan fingerprint density at radius 3 is 2.84 bits per heavy atom. The summed E-state index contributed by atoms with van der Waals surface area (Å²) >= 11 is 0. The molecule has 3 aromatic rings. The number of amides is 1. The van der Waals surface area contributed by atoms with Crippen molar-refractivity contribution >= 4 is 23.9 Å². The Morgan fingerprint density at radius 1 is 1.19 bits per heavy atom. The maximum Gasteiger partial charge on any atom is 0.407 e. The van der Waals surface area contributed by atoms with E-state index < -0.39 is 6.09 Å². The maximum absolute atomic E-state index is 13.0. The average molecular weight is 422 g/mol. The van der Waals surface area contributed by atoms with Crippen LogP contribution in [0.3, 0.4) is 0 Å². The lowest BCUT2D eigenvalue weighted by Crippen LogP contribution is -2.28. The molecule has 0 unspecified atom stereocenters. The molecule has 0 atom stereocenters. The second-order valence-corrected chi connectivity index (χ2v) is 7.47. The summed E-state index contributed by atoms with van der Waals surface area (Å²) in [5.74, 6) is 1.71. The number of fused-ring (bicyclic) bond motifs is 2. The van der Waals surface area contributed by atoms with Gasteiger partial charge < -0.3 is 10.1 Å². The van der Waals surface area contributed by atoms with Crippen LogP contribution >= 0.6 is 0 Å². The topological polar surface area (TPSA) is 103 Å². The van der Waals surface area contributed by atoms with Gasteiger partial charge in [0.05, 0.1) is 5.56 Å². The van der Waals surface area contributed by atoms with Crippen LogP contribution in [0.25, 0.3) is 5.78 Å². The number of hydrogen-bond acceptors (Lipinski definition) is 6. The molecule has 0 saturated heterocycles. The van der Waals surface area contributed by atoms with Crippen molar-refractivity contribution in [2.45, 2.75) is 52.2 Å². The summed E-state index contributed by atoms with van der Waals surface area (Å²) in [7, 11) is 0. The van der Waals surface area contributed by atoms with Crippen LogP contribution in [0, 0.1) is 0 Å². The van der Waals surface area contributed by atoms with Gasteiger partial charge in [0.2, 0.25) is 5.78 Å². The molecule has 162 valence electrons. The summed E-state index contributed by atoms with van der Waals surface area (Å²) in [4.78, 5) is 29.4. The smallest absolute Gasteiger partial charge is 0.407 e. The van der Waals surface area contributed by atoms with E-state index in [1.807, 2.05) is 34.9 Å². The number of hydrogen-bond donors (Lipinski definition) is 1. The van der Waals surface area contributed by atoms with Crippen molar-refractivity contribution < 1.29 is 9.53 Å². The molecule has 1 N–H and O–H groups in total. The third-order valence-corrected chi connectivity index (χ3v) is 5.27. The van der Waals surface area contributed by atoms with E-state index >= 15 is 0 Å². The lowest BCUT2D eigenvalue weighted by Gasteiger charge is -2.12. The van der Waals surface area contributed by atoms with Gasteiger partial charge in [0, 0.05) is 32.1 Å². The van der Waals surface area contributed by atoms with Crippen LogP contribution in [0.2, 0.25) is 0 Å². The first-order chi connectivity index (χ1) is 15.2. The number of benzene rings is 1. The summed E-state index contributed by atoms with van der Waals surface area (Å²) < 4.78 is 8.75. The molecule has 1 aliphatic heterocycles. The zero-order chi connectivity index (χ0) is 21.6. The molecule has 2 aromatic heterocycles. The van der Waals surface area contributed by atoms with Gasteiger partial charge in [-0.05, 0) is 12.0 Å². The molecule has 9 nitrogen and oxygen atoms in total. The van der Waals surface area contributed by atoms with E-state index in [1.165, 1.54) is 0 Å². The normalized spacial score (nSPS) is 12.3. The van der Waals surface area contributed by atoms with Gasteiger partial charge in [-0.15, -0.1) is 10.2 Å². The maximum atomic E-state index is 13.0. The Labute approximate surface area is 179 Å². The van der Waals surface area contributed by atoms with Gasteiger partial charge in [-0.1, -0.05) is 50.1 Å². The van der Waals surface area contributed by atoms with Crippen molar-refractivity contribution in [1.82, 2.24) is 24.5 Å². The number of alkyl carbamates (subject to hydrolysis) is 1. The van der Waals surface area contributed by atoms with Crippen molar-refractivity contribution in [2.75, 3.05) is 6.54 Å². The molecule has 1 aliphatic rings. The van der Waals surface area contributed by atoms with Gasteiger partial charge in [0.1, 0.15) is 18.2 Å². The Morgan fingerprint density at radius 2 is 2.03 bits per heavy atom. The number of aliphatic imine (C=N–C) groups is 1. The quantitative estimate of drug-likeness (QED) is 0.534. The van der Waals surface area contributed by atoms with Crippen molar-refractivity contribution in [1.29, 1.82) is 0 Å². The number of carbonyl (C=O) groups is 1. The average Bonchev–Trinajstić information content (AvgIpc) is 3.44. The minimum Gasteiger partial charge on any atom is -0.445 e. The molecule has 0 aliphatic carbocycles. The number of rotatable bonds is 9. The fourth-order valence-electron chi connectivity index (χ4n) is 3.67. The van der Waals surface area contributed by atoms with E-state index in [0.717, 1.165) is 31.4 Å². The summed E-state index contributed by atoms with van der Waals surface area (Å²) in [5, 5.41) is 11.2. The van der Waals surface area contributed by atoms with E-state index in [0.29, 0.717) is 35.8 Å². The molecule has 31 heavy (non-hydrogen) atoms. The zero-order valence-corrected chi connectivity index (χ0v) is 17.6. The molecule has 1 amide bonds. The molecule has 0 bridgehead atoms. The first-order valence-corrected chi connectivity index (χ1v) is 10.7. The van der Waals surface area contributed by atoms with E-state index in [2.05, 4.69) is 27.4 Å². The van der Waals surface area contributed by atoms with Crippen molar-refractivity contribution in [3.63, 3.8) is 0 Å². The second kappa shape index (κ2) is 9.55. The summed E-state index contributed by atoms with van der Waals surface area (Å²) in [6.07, 6.45) is 5.31. The Hall–Kier alpha value is -3.49. The van der Waals surface area contributed by atoms with Crippen LogP contribution < -0.4 is 10.9 Å². The molecule has 0 radical (unpaired) electrons. The molecular weight excluding hydrogens is 396 g/mol. The molecule has 3 heterocycles. The predicted molar refractivity (Wildman–Crippen MR) is 117 cm³/mol. The van der Waals surface area contributed by atoms with Crippen LogP contribution in [0.5, 0.6) is 0 Å². The lowest BCUT2D eigenvalue weighted by atomic mass is 10.2. The monoisotopic (exact) mass is 422 g/mol. The third-order valence-electron chi connectivity index (χ3n) is 5.27. The summed E-state index contributed by atoms with van der Waals surface area (Å²) in [5.41, 5.74) is 1.45. The highest BCUT2D eigenvalue weighted by Gasteiger charge is 2.22.